The molecule has 0 aliphatic rings. The largest absolute Gasteiger partial charge is 0.503 e. The number of esters is 1. The van der Waals surface area contributed by atoms with Crippen molar-refractivity contribution in [1.29, 1.82) is 0 Å². The third kappa shape index (κ3) is 7.85. The first-order valence-corrected chi connectivity index (χ1v) is 11.9. The van der Waals surface area contributed by atoms with E-state index < -0.39 is 35.9 Å². The van der Waals surface area contributed by atoms with Crippen LogP contribution >= 0.6 is 0 Å². The monoisotopic (exact) mass is 488 g/mol. The van der Waals surface area contributed by atoms with Gasteiger partial charge in [-0.25, -0.2) is 9.78 Å². The van der Waals surface area contributed by atoms with Crippen LogP contribution in [0.5, 0.6) is 17.2 Å². The van der Waals surface area contributed by atoms with Gasteiger partial charge in [0.2, 0.25) is 0 Å². The number of methoxy groups -OCH3 is 1. The molecule has 0 unspecified atom stereocenters. The Bertz CT molecular complexity index is 939. The van der Waals surface area contributed by atoms with Crippen LogP contribution in [0.1, 0.15) is 57.4 Å². The maximum Gasteiger partial charge on any atom is 0.329 e. The number of ether oxygens (including phenoxy) is 4. The van der Waals surface area contributed by atoms with Gasteiger partial charge < -0.3 is 29.4 Å². The maximum absolute atomic E-state index is 13.0. The molecule has 9 nitrogen and oxygen atoms in total. The number of aromatic hydroxyl groups is 1. The number of hydrogen-bond acceptors (Lipinski definition) is 8. The number of benzene rings is 1. The molecule has 192 valence electrons. The predicted octanol–water partition coefficient (Wildman–Crippen LogP) is 3.89. The molecule has 0 spiro atoms. The van der Waals surface area contributed by atoms with Gasteiger partial charge in [0.1, 0.15) is 17.9 Å². The average molecular weight is 489 g/mol. The lowest BCUT2D eigenvalue weighted by atomic mass is 10.1. The first kappa shape index (κ1) is 27.9. The Hall–Kier alpha value is -3.33. The normalized spacial score (nSPS) is 14.3. The molecule has 0 saturated carbocycles. The van der Waals surface area contributed by atoms with Gasteiger partial charge in [0.25, 0.3) is 5.91 Å². The highest BCUT2D eigenvalue weighted by Gasteiger charge is 2.33. The van der Waals surface area contributed by atoms with E-state index in [0.717, 1.165) is 6.42 Å². The summed E-state index contributed by atoms with van der Waals surface area (Å²) in [5, 5.41) is 12.8. The van der Waals surface area contributed by atoms with Gasteiger partial charge in [-0.15, -0.1) is 0 Å². The topological polar surface area (TPSA) is 116 Å². The summed E-state index contributed by atoms with van der Waals surface area (Å²) in [7, 11) is 1.37. The first-order chi connectivity index (χ1) is 16.9. The van der Waals surface area contributed by atoms with Crippen LogP contribution in [0.25, 0.3) is 0 Å². The molecule has 0 radical (unpaired) electrons. The van der Waals surface area contributed by atoms with Gasteiger partial charge in [0.05, 0.1) is 13.2 Å². The Balaban J connectivity index is 2.15. The van der Waals surface area contributed by atoms with E-state index in [9.17, 15) is 14.7 Å². The number of nitrogens with zero attached hydrogens (tertiary/aromatic N) is 1. The molecule has 0 saturated heterocycles. The zero-order valence-corrected chi connectivity index (χ0v) is 21.0. The number of rotatable bonds is 14. The molecule has 0 aliphatic heterocycles. The summed E-state index contributed by atoms with van der Waals surface area (Å²) in [5.41, 5.74) is -0.243. The summed E-state index contributed by atoms with van der Waals surface area (Å²) in [5.74, 6) is -0.999. The molecule has 35 heavy (non-hydrogen) atoms. The fraction of sp³-hybridized carbons (Fsp3) is 0.500. The minimum atomic E-state index is -0.952. The molecule has 2 N–H and O–H groups in total. The number of carbonyl (C=O) groups is 2. The van der Waals surface area contributed by atoms with Crippen LogP contribution in [0.2, 0.25) is 0 Å². The van der Waals surface area contributed by atoms with E-state index in [4.69, 9.17) is 18.9 Å². The first-order valence-electron chi connectivity index (χ1n) is 11.9. The van der Waals surface area contributed by atoms with Crippen molar-refractivity contribution in [2.24, 2.45) is 0 Å². The Kier molecular flexibility index (Phi) is 11.3. The summed E-state index contributed by atoms with van der Waals surface area (Å²) in [6.07, 6.45) is 1.59. The highest BCUT2D eigenvalue weighted by molar-refractivity contribution is 5.97. The van der Waals surface area contributed by atoms with E-state index in [1.165, 1.54) is 19.4 Å². The SMILES string of the molecule is CCCO[C@@H](CC)[C@@H](Oc1ccccc1)[C@H](C)OC(=O)[C@H](CC)NC(=O)c1nccc(OC)c1O. The highest BCUT2D eigenvalue weighted by Crippen LogP contribution is 2.27. The number of aromatic nitrogens is 1. The molecular weight excluding hydrogens is 452 g/mol. The smallest absolute Gasteiger partial charge is 0.329 e. The van der Waals surface area contributed by atoms with Gasteiger partial charge >= 0.3 is 5.97 Å². The Morgan fingerprint density at radius 2 is 1.80 bits per heavy atom. The van der Waals surface area contributed by atoms with Crippen LogP contribution < -0.4 is 14.8 Å². The number of pyridine rings is 1. The van der Waals surface area contributed by atoms with E-state index in [1.54, 1.807) is 13.8 Å². The van der Waals surface area contributed by atoms with E-state index in [0.29, 0.717) is 18.8 Å². The highest BCUT2D eigenvalue weighted by atomic mass is 16.6. The van der Waals surface area contributed by atoms with Gasteiger partial charge in [-0.2, -0.15) is 0 Å². The summed E-state index contributed by atoms with van der Waals surface area (Å²) in [6, 6.07) is 9.75. The predicted molar refractivity (Wildman–Crippen MR) is 131 cm³/mol. The van der Waals surface area contributed by atoms with Crippen molar-refractivity contribution >= 4 is 11.9 Å². The molecule has 9 heteroatoms. The van der Waals surface area contributed by atoms with Crippen LogP contribution in [-0.4, -0.2) is 60.0 Å². The van der Waals surface area contributed by atoms with Crippen LogP contribution in [0.3, 0.4) is 0 Å². The molecule has 2 rings (SSSR count). The Labute approximate surface area is 206 Å². The van der Waals surface area contributed by atoms with E-state index >= 15 is 0 Å². The van der Waals surface area contributed by atoms with Gasteiger partial charge in [0.15, 0.2) is 23.3 Å². The minimum absolute atomic E-state index is 0.105. The molecule has 1 aromatic carbocycles. The van der Waals surface area contributed by atoms with Crippen molar-refractivity contribution in [3.8, 4) is 17.2 Å². The second kappa shape index (κ2) is 14.2. The van der Waals surface area contributed by atoms with E-state index in [1.807, 2.05) is 44.2 Å². The maximum atomic E-state index is 13.0. The quantitative estimate of drug-likeness (QED) is 0.385. The van der Waals surface area contributed by atoms with Crippen LogP contribution in [0.4, 0.5) is 0 Å². The van der Waals surface area contributed by atoms with Crippen molar-refractivity contribution in [3.05, 3.63) is 48.3 Å². The lowest BCUT2D eigenvalue weighted by molar-refractivity contribution is -0.160. The fourth-order valence-corrected chi connectivity index (χ4v) is 3.50. The zero-order valence-electron chi connectivity index (χ0n) is 21.0. The summed E-state index contributed by atoms with van der Waals surface area (Å²) in [4.78, 5) is 29.6. The van der Waals surface area contributed by atoms with Gasteiger partial charge in [-0.3, -0.25) is 4.79 Å². The van der Waals surface area contributed by atoms with Crippen molar-refractivity contribution in [1.82, 2.24) is 10.3 Å². The van der Waals surface area contributed by atoms with Crippen molar-refractivity contribution < 1.29 is 33.6 Å². The molecule has 0 fully saturated rings. The lowest BCUT2D eigenvalue weighted by Crippen LogP contribution is -2.48. The number of nitrogens with one attached hydrogen (secondary N) is 1. The van der Waals surface area contributed by atoms with Crippen LogP contribution in [0.15, 0.2) is 42.6 Å². The van der Waals surface area contributed by atoms with Crippen molar-refractivity contribution in [2.45, 2.75) is 71.3 Å². The number of para-hydroxylation sites is 1. The van der Waals surface area contributed by atoms with Crippen LogP contribution in [0, 0.1) is 0 Å². The summed E-state index contributed by atoms with van der Waals surface area (Å²) >= 11 is 0. The molecule has 2 aromatic rings. The Morgan fingerprint density at radius 1 is 1.09 bits per heavy atom. The summed E-state index contributed by atoms with van der Waals surface area (Å²) in [6.45, 7) is 8.05. The average Bonchev–Trinajstić information content (AvgIpc) is 2.87. The number of hydrogen-bond donors (Lipinski definition) is 2. The molecule has 1 heterocycles. The molecule has 1 amide bonds. The second-order valence-electron chi connectivity index (χ2n) is 8.00. The number of amides is 1. The molecule has 1 aromatic heterocycles. The Morgan fingerprint density at radius 3 is 2.40 bits per heavy atom. The van der Waals surface area contributed by atoms with Gasteiger partial charge in [0, 0.05) is 18.9 Å². The van der Waals surface area contributed by atoms with E-state index in [2.05, 4.69) is 10.3 Å². The van der Waals surface area contributed by atoms with E-state index in [-0.39, 0.29) is 24.0 Å². The van der Waals surface area contributed by atoms with Gasteiger partial charge in [-0.05, 0) is 38.3 Å². The molecular formula is C26H36N2O7. The number of carbonyl (C=O) groups excluding carboxylic acids is 2. The fourth-order valence-electron chi connectivity index (χ4n) is 3.50. The minimum Gasteiger partial charge on any atom is -0.503 e. The van der Waals surface area contributed by atoms with Crippen LogP contribution in [-0.2, 0) is 14.3 Å². The lowest BCUT2D eigenvalue weighted by Gasteiger charge is -2.32. The van der Waals surface area contributed by atoms with Crippen molar-refractivity contribution in [3.63, 3.8) is 0 Å². The van der Waals surface area contributed by atoms with Gasteiger partial charge in [-0.1, -0.05) is 39.0 Å². The zero-order chi connectivity index (χ0) is 25.8. The standard InChI is InChI=1S/C26H36N2O7/c1-6-16-33-20(8-3)24(35-18-12-10-9-11-13-18)17(4)34-26(31)19(7-2)28-25(30)22-23(29)21(32-5)14-15-27-22/h9-15,17,19-20,24,29H,6-8,16H2,1-5H3,(H,28,30)/t17-,19-,20-,24-/m0/s1. The third-order valence-electron chi connectivity index (χ3n) is 5.41. The third-order valence-corrected chi connectivity index (χ3v) is 5.41. The second-order valence-corrected chi connectivity index (χ2v) is 8.00. The molecule has 4 atom stereocenters. The molecule has 0 aliphatic carbocycles. The van der Waals surface area contributed by atoms with Crippen molar-refractivity contribution in [2.75, 3.05) is 13.7 Å². The summed E-state index contributed by atoms with van der Waals surface area (Å²) < 4.78 is 22.9. The molecule has 0 bridgehead atoms.